The van der Waals surface area contributed by atoms with E-state index in [1.807, 2.05) is 0 Å². The normalized spacial score (nSPS) is 21.1. The number of carboxylic acids is 1. The Balaban J connectivity index is 2.15. The molecule has 0 spiro atoms. The first kappa shape index (κ1) is 15.0. The van der Waals surface area contributed by atoms with Crippen LogP contribution in [0.25, 0.3) is 0 Å². The third-order valence-electron chi connectivity index (χ3n) is 3.28. The molecule has 2 amide bonds. The number of carbonyl (C=O) groups excluding carboxylic acids is 2. The number of nitrogens with zero attached hydrogens (tertiary/aromatic N) is 1. The Hall–Kier alpha value is -2.41. The molecule has 1 fully saturated rings. The number of nitrogens with one attached hydrogen (secondary N) is 1. The van der Waals surface area contributed by atoms with E-state index in [1.54, 1.807) is 12.1 Å². The monoisotopic (exact) mass is 292 g/mol. The number of aliphatic hydroxyl groups excluding tert-OH is 1. The summed E-state index contributed by atoms with van der Waals surface area (Å²) in [6.07, 6.45) is -0.792. The molecular weight excluding hydrogens is 276 g/mol. The number of amides is 2. The highest BCUT2D eigenvalue weighted by Gasteiger charge is 2.39. The molecule has 7 nitrogen and oxygen atoms in total. The molecule has 0 unspecified atom stereocenters. The second-order valence-electron chi connectivity index (χ2n) is 4.96. The molecule has 2 atom stereocenters. The minimum atomic E-state index is -1.13. The van der Waals surface area contributed by atoms with E-state index in [2.05, 4.69) is 5.32 Å². The van der Waals surface area contributed by atoms with Crippen molar-refractivity contribution in [2.45, 2.75) is 25.5 Å². The molecule has 1 aliphatic heterocycles. The molecular formula is C14H16N2O5. The van der Waals surface area contributed by atoms with Gasteiger partial charge >= 0.3 is 5.97 Å². The Labute approximate surface area is 121 Å². The fraction of sp³-hybridized carbons (Fsp3) is 0.357. The number of likely N-dealkylation sites (tertiary alicyclic amines) is 1. The minimum absolute atomic E-state index is 0.00322. The number of benzene rings is 1. The summed E-state index contributed by atoms with van der Waals surface area (Å²) in [5.41, 5.74) is 0.861. The number of β-amino-alcohol motifs (C(OH)–C–C–N with tert-alkyl or cyclic N) is 1. The van der Waals surface area contributed by atoms with Crippen molar-refractivity contribution < 1.29 is 24.6 Å². The molecule has 3 N–H and O–H groups in total. The maximum atomic E-state index is 12.3. The molecule has 0 aliphatic carbocycles. The maximum Gasteiger partial charge on any atom is 0.326 e. The highest BCUT2D eigenvalue weighted by atomic mass is 16.4. The van der Waals surface area contributed by atoms with E-state index in [9.17, 15) is 19.5 Å². The molecule has 0 saturated carbocycles. The molecule has 1 heterocycles. The summed E-state index contributed by atoms with van der Waals surface area (Å²) < 4.78 is 0. The summed E-state index contributed by atoms with van der Waals surface area (Å²) in [6, 6.07) is 5.14. The molecule has 1 aliphatic rings. The Kier molecular flexibility index (Phi) is 4.23. The Morgan fingerprint density at radius 2 is 1.86 bits per heavy atom. The molecule has 1 saturated heterocycles. The fourth-order valence-corrected chi connectivity index (χ4v) is 2.34. The van der Waals surface area contributed by atoms with Crippen molar-refractivity contribution in [2.75, 3.05) is 11.9 Å². The van der Waals surface area contributed by atoms with Gasteiger partial charge in [0, 0.05) is 31.1 Å². The van der Waals surface area contributed by atoms with Gasteiger partial charge < -0.3 is 20.4 Å². The maximum absolute atomic E-state index is 12.3. The van der Waals surface area contributed by atoms with Crippen molar-refractivity contribution in [3.05, 3.63) is 29.8 Å². The van der Waals surface area contributed by atoms with E-state index < -0.39 is 24.0 Å². The van der Waals surface area contributed by atoms with Gasteiger partial charge in [-0.2, -0.15) is 0 Å². The zero-order valence-electron chi connectivity index (χ0n) is 11.4. The third-order valence-corrected chi connectivity index (χ3v) is 3.28. The second kappa shape index (κ2) is 5.92. The average molecular weight is 292 g/mol. The first-order valence-electron chi connectivity index (χ1n) is 6.48. The predicted octanol–water partition coefficient (Wildman–Crippen LogP) is 0.305. The van der Waals surface area contributed by atoms with Crippen LogP contribution in [-0.4, -0.2) is 51.6 Å². The minimum Gasteiger partial charge on any atom is -0.480 e. The zero-order valence-corrected chi connectivity index (χ0v) is 11.4. The standard InChI is InChI=1S/C14H16N2O5/c1-8(17)15-10-4-2-9(3-5-10)13(19)16-7-11(18)6-12(16)14(20)21/h2-5,11-12,18H,6-7H2,1H3,(H,15,17)(H,20,21)/t11-,12+/m1/s1. The van der Waals surface area contributed by atoms with E-state index >= 15 is 0 Å². The van der Waals surface area contributed by atoms with Gasteiger partial charge in [0.15, 0.2) is 0 Å². The van der Waals surface area contributed by atoms with Gasteiger partial charge in [-0.1, -0.05) is 0 Å². The van der Waals surface area contributed by atoms with E-state index in [0.29, 0.717) is 11.3 Å². The van der Waals surface area contributed by atoms with E-state index in [1.165, 1.54) is 19.1 Å². The number of carbonyl (C=O) groups is 3. The molecule has 7 heteroatoms. The van der Waals surface area contributed by atoms with Crippen LogP contribution in [0, 0.1) is 0 Å². The van der Waals surface area contributed by atoms with Crippen LogP contribution in [0.1, 0.15) is 23.7 Å². The smallest absolute Gasteiger partial charge is 0.326 e. The van der Waals surface area contributed by atoms with E-state index in [4.69, 9.17) is 5.11 Å². The number of aliphatic hydroxyl groups is 1. The van der Waals surface area contributed by atoms with Crippen LogP contribution < -0.4 is 5.32 Å². The van der Waals surface area contributed by atoms with Gasteiger partial charge in [-0.15, -0.1) is 0 Å². The van der Waals surface area contributed by atoms with Crippen LogP contribution in [0.4, 0.5) is 5.69 Å². The average Bonchev–Trinajstić information content (AvgIpc) is 2.80. The number of anilines is 1. The van der Waals surface area contributed by atoms with Crippen LogP contribution in [0.15, 0.2) is 24.3 Å². The van der Waals surface area contributed by atoms with Crippen molar-refractivity contribution >= 4 is 23.5 Å². The van der Waals surface area contributed by atoms with Gasteiger partial charge in [0.25, 0.3) is 5.91 Å². The third kappa shape index (κ3) is 3.38. The van der Waals surface area contributed by atoms with Crippen molar-refractivity contribution in [2.24, 2.45) is 0 Å². The second-order valence-corrected chi connectivity index (χ2v) is 4.96. The number of hydrogen-bond donors (Lipinski definition) is 3. The first-order chi connectivity index (χ1) is 9.88. The number of hydrogen-bond acceptors (Lipinski definition) is 4. The lowest BCUT2D eigenvalue weighted by atomic mass is 10.1. The molecule has 0 aromatic heterocycles. The fourth-order valence-electron chi connectivity index (χ4n) is 2.34. The Morgan fingerprint density at radius 1 is 1.24 bits per heavy atom. The lowest BCUT2D eigenvalue weighted by molar-refractivity contribution is -0.141. The molecule has 0 radical (unpaired) electrons. The molecule has 1 aromatic rings. The van der Waals surface area contributed by atoms with Gasteiger partial charge in [0.05, 0.1) is 6.10 Å². The number of aliphatic carboxylic acids is 1. The van der Waals surface area contributed by atoms with Crippen molar-refractivity contribution in [1.82, 2.24) is 4.90 Å². The summed E-state index contributed by atoms with van der Waals surface area (Å²) in [6.45, 7) is 1.38. The zero-order chi connectivity index (χ0) is 15.6. The first-order valence-corrected chi connectivity index (χ1v) is 6.48. The Morgan fingerprint density at radius 3 is 2.38 bits per heavy atom. The molecule has 1 aromatic carbocycles. The van der Waals surface area contributed by atoms with Gasteiger partial charge in [0.2, 0.25) is 5.91 Å². The summed E-state index contributed by atoms with van der Waals surface area (Å²) in [5.74, 6) is -1.80. The summed E-state index contributed by atoms with van der Waals surface area (Å²) in [5, 5.41) is 21.2. The summed E-state index contributed by atoms with van der Waals surface area (Å²) in [7, 11) is 0. The Bertz CT molecular complexity index is 569. The number of rotatable bonds is 3. The van der Waals surface area contributed by atoms with Gasteiger partial charge in [-0.25, -0.2) is 4.79 Å². The lowest BCUT2D eigenvalue weighted by Crippen LogP contribution is -2.40. The van der Waals surface area contributed by atoms with Crippen LogP contribution in [0.3, 0.4) is 0 Å². The summed E-state index contributed by atoms with van der Waals surface area (Å²) >= 11 is 0. The SMILES string of the molecule is CC(=O)Nc1ccc(C(=O)N2C[C@H](O)C[C@H]2C(=O)O)cc1. The van der Waals surface area contributed by atoms with E-state index in [0.717, 1.165) is 4.90 Å². The van der Waals surface area contributed by atoms with Crippen molar-refractivity contribution in [3.63, 3.8) is 0 Å². The lowest BCUT2D eigenvalue weighted by Gasteiger charge is -2.21. The topological polar surface area (TPSA) is 107 Å². The predicted molar refractivity (Wildman–Crippen MR) is 73.8 cm³/mol. The van der Waals surface area contributed by atoms with Gasteiger partial charge in [-0.3, -0.25) is 9.59 Å². The van der Waals surface area contributed by atoms with Crippen LogP contribution in [0.2, 0.25) is 0 Å². The molecule has 112 valence electrons. The van der Waals surface area contributed by atoms with Crippen LogP contribution in [0.5, 0.6) is 0 Å². The highest BCUT2D eigenvalue weighted by Crippen LogP contribution is 2.21. The largest absolute Gasteiger partial charge is 0.480 e. The van der Waals surface area contributed by atoms with Crippen LogP contribution in [-0.2, 0) is 9.59 Å². The van der Waals surface area contributed by atoms with Crippen LogP contribution >= 0.6 is 0 Å². The van der Waals surface area contributed by atoms with Crippen molar-refractivity contribution in [1.29, 1.82) is 0 Å². The van der Waals surface area contributed by atoms with Gasteiger partial charge in [0.1, 0.15) is 6.04 Å². The number of carboxylic acid groups (broad SMARTS) is 1. The quantitative estimate of drug-likeness (QED) is 0.743. The van der Waals surface area contributed by atoms with E-state index in [-0.39, 0.29) is 18.9 Å². The summed E-state index contributed by atoms with van der Waals surface area (Å²) in [4.78, 5) is 35.5. The molecule has 2 rings (SSSR count). The van der Waals surface area contributed by atoms with Crippen molar-refractivity contribution in [3.8, 4) is 0 Å². The molecule has 21 heavy (non-hydrogen) atoms. The van der Waals surface area contributed by atoms with Gasteiger partial charge in [-0.05, 0) is 24.3 Å². The molecule has 0 bridgehead atoms. The highest BCUT2D eigenvalue weighted by molar-refractivity contribution is 5.97.